The van der Waals surface area contributed by atoms with Crippen LogP contribution in [0.5, 0.6) is 17.4 Å². The number of hydrogen-bond acceptors (Lipinski definition) is 7. The molecule has 2 saturated carbocycles. The van der Waals surface area contributed by atoms with Gasteiger partial charge in [-0.2, -0.15) is 0 Å². The van der Waals surface area contributed by atoms with Crippen LogP contribution in [0.25, 0.3) is 11.4 Å². The van der Waals surface area contributed by atoms with E-state index in [-0.39, 0.29) is 30.0 Å². The van der Waals surface area contributed by atoms with Crippen LogP contribution in [0.2, 0.25) is 0 Å². The van der Waals surface area contributed by atoms with Crippen LogP contribution >= 0.6 is 0 Å². The number of carboxylic acid groups (broad SMARTS) is 1. The minimum absolute atomic E-state index is 0.0257. The summed E-state index contributed by atoms with van der Waals surface area (Å²) >= 11 is 0. The molecule has 1 atom stereocenters. The van der Waals surface area contributed by atoms with Gasteiger partial charge in [-0.15, -0.1) is 0 Å². The van der Waals surface area contributed by atoms with Crippen molar-refractivity contribution >= 4 is 5.97 Å². The number of rotatable bonds is 11. The molecule has 0 spiro atoms. The van der Waals surface area contributed by atoms with Crippen molar-refractivity contribution in [3.63, 3.8) is 0 Å². The van der Waals surface area contributed by atoms with Crippen molar-refractivity contribution in [1.29, 1.82) is 0 Å². The Morgan fingerprint density at radius 2 is 1.63 bits per heavy atom. The first-order valence-corrected chi connectivity index (χ1v) is 14.7. The quantitative estimate of drug-likeness (QED) is 0.271. The standard InChI is InChI=1S/C33H41N3O5/c1-33(2,3)18-21-19-35-32(36-20-21)27-12-11-26(39-4)16-29(27)40-24-7-9-25(10-8-24)41-30-15-23(13-14-34-30)28(17-31(37)38)22-5-6-22/h11-16,19-20,22,24-25,28H,5-10,17-18H2,1-4H3,(H,37,38). The first-order valence-electron chi connectivity index (χ1n) is 14.7. The highest BCUT2D eigenvalue weighted by molar-refractivity contribution is 5.68. The van der Waals surface area contributed by atoms with Crippen LogP contribution in [0.3, 0.4) is 0 Å². The predicted octanol–water partition coefficient (Wildman–Crippen LogP) is 6.87. The van der Waals surface area contributed by atoms with E-state index in [1.165, 1.54) is 0 Å². The van der Waals surface area contributed by atoms with Crippen LogP contribution in [0.15, 0.2) is 48.9 Å². The highest BCUT2D eigenvalue weighted by Gasteiger charge is 2.34. The molecule has 1 aromatic carbocycles. The molecule has 1 unspecified atom stereocenters. The average Bonchev–Trinajstić information content (AvgIpc) is 3.78. The van der Waals surface area contributed by atoms with Crippen LogP contribution in [0, 0.1) is 11.3 Å². The molecule has 3 aromatic rings. The topological polar surface area (TPSA) is 104 Å². The van der Waals surface area contributed by atoms with Gasteiger partial charge in [0.1, 0.15) is 17.6 Å². The maximum absolute atomic E-state index is 11.4. The lowest BCUT2D eigenvalue weighted by atomic mass is 9.89. The Kier molecular flexibility index (Phi) is 8.76. The maximum Gasteiger partial charge on any atom is 0.303 e. The van der Waals surface area contributed by atoms with Gasteiger partial charge in [-0.25, -0.2) is 15.0 Å². The number of carboxylic acids is 1. The normalized spacial score (nSPS) is 19.8. The van der Waals surface area contributed by atoms with Crippen molar-refractivity contribution < 1.29 is 24.1 Å². The number of carbonyl (C=O) groups is 1. The Balaban J connectivity index is 1.21. The molecule has 2 fully saturated rings. The molecule has 2 aliphatic carbocycles. The first kappa shape index (κ1) is 28.8. The minimum Gasteiger partial charge on any atom is -0.497 e. The van der Waals surface area contributed by atoms with Gasteiger partial charge in [0.05, 0.1) is 25.2 Å². The van der Waals surface area contributed by atoms with E-state index in [1.807, 2.05) is 42.7 Å². The molecule has 8 heteroatoms. The van der Waals surface area contributed by atoms with Crippen molar-refractivity contribution in [1.82, 2.24) is 15.0 Å². The van der Waals surface area contributed by atoms with Crippen molar-refractivity contribution in [2.45, 2.75) is 90.3 Å². The van der Waals surface area contributed by atoms with Gasteiger partial charge in [0.15, 0.2) is 5.82 Å². The Bertz CT molecular complexity index is 1330. The molecule has 0 aliphatic heterocycles. The molecular formula is C33H41N3O5. The molecular weight excluding hydrogens is 518 g/mol. The molecule has 1 N–H and O–H groups in total. The molecule has 0 saturated heterocycles. The van der Waals surface area contributed by atoms with Crippen LogP contribution in [0.4, 0.5) is 0 Å². The van der Waals surface area contributed by atoms with E-state index in [0.717, 1.165) is 73.1 Å². The molecule has 0 bridgehead atoms. The zero-order valence-corrected chi connectivity index (χ0v) is 24.5. The Morgan fingerprint density at radius 1 is 0.951 bits per heavy atom. The van der Waals surface area contributed by atoms with E-state index in [1.54, 1.807) is 13.3 Å². The van der Waals surface area contributed by atoms with Gasteiger partial charge in [-0.3, -0.25) is 4.79 Å². The lowest BCUT2D eigenvalue weighted by molar-refractivity contribution is -0.137. The molecule has 2 aromatic heterocycles. The van der Waals surface area contributed by atoms with Gasteiger partial charge in [0, 0.05) is 30.7 Å². The molecule has 8 nitrogen and oxygen atoms in total. The highest BCUT2D eigenvalue weighted by atomic mass is 16.5. The zero-order chi connectivity index (χ0) is 29.0. The summed E-state index contributed by atoms with van der Waals surface area (Å²) in [6, 6.07) is 9.64. The first-order chi connectivity index (χ1) is 19.7. The number of aromatic nitrogens is 3. The van der Waals surface area contributed by atoms with Crippen LogP contribution in [-0.2, 0) is 11.2 Å². The average molecular weight is 560 g/mol. The number of methoxy groups -OCH3 is 1. The highest BCUT2D eigenvalue weighted by Crippen LogP contribution is 2.45. The molecule has 41 heavy (non-hydrogen) atoms. The van der Waals surface area contributed by atoms with Gasteiger partial charge < -0.3 is 19.3 Å². The Hall–Kier alpha value is -3.68. The second kappa shape index (κ2) is 12.5. The third kappa shape index (κ3) is 7.96. The van der Waals surface area contributed by atoms with Gasteiger partial charge in [0.25, 0.3) is 0 Å². The molecule has 5 rings (SSSR count). The van der Waals surface area contributed by atoms with Crippen molar-refractivity contribution in [2.24, 2.45) is 11.3 Å². The van der Waals surface area contributed by atoms with E-state index < -0.39 is 5.97 Å². The fourth-order valence-electron chi connectivity index (χ4n) is 5.69. The van der Waals surface area contributed by atoms with Crippen molar-refractivity contribution in [3.05, 3.63) is 60.0 Å². The number of ether oxygens (including phenoxy) is 3. The summed E-state index contributed by atoms with van der Waals surface area (Å²) < 4.78 is 18.3. The Labute approximate surface area is 242 Å². The fourth-order valence-corrected chi connectivity index (χ4v) is 5.69. The Morgan fingerprint density at radius 3 is 2.24 bits per heavy atom. The second-order valence-electron chi connectivity index (χ2n) is 12.6. The number of hydrogen-bond donors (Lipinski definition) is 1. The molecule has 2 heterocycles. The zero-order valence-electron chi connectivity index (χ0n) is 24.5. The van der Waals surface area contributed by atoms with Crippen molar-refractivity contribution in [3.8, 4) is 28.8 Å². The summed E-state index contributed by atoms with van der Waals surface area (Å²) in [6.45, 7) is 6.61. The largest absolute Gasteiger partial charge is 0.497 e. The summed E-state index contributed by atoms with van der Waals surface area (Å²) in [7, 11) is 1.65. The molecule has 218 valence electrons. The van der Waals surface area contributed by atoms with E-state index in [0.29, 0.717) is 17.6 Å². The van der Waals surface area contributed by atoms with E-state index in [4.69, 9.17) is 14.2 Å². The van der Waals surface area contributed by atoms with E-state index in [2.05, 4.69) is 35.7 Å². The summed E-state index contributed by atoms with van der Waals surface area (Å²) in [5.74, 6) is 2.36. The van der Waals surface area contributed by atoms with Crippen LogP contribution in [0.1, 0.15) is 82.8 Å². The van der Waals surface area contributed by atoms with Gasteiger partial charge >= 0.3 is 5.97 Å². The maximum atomic E-state index is 11.4. The van der Waals surface area contributed by atoms with Crippen LogP contribution < -0.4 is 14.2 Å². The lowest BCUT2D eigenvalue weighted by Crippen LogP contribution is -2.30. The summed E-state index contributed by atoms with van der Waals surface area (Å²) in [4.78, 5) is 25.1. The van der Waals surface area contributed by atoms with Gasteiger partial charge in [0.2, 0.25) is 5.88 Å². The summed E-state index contributed by atoms with van der Waals surface area (Å²) in [5.41, 5.74) is 3.13. The second-order valence-corrected chi connectivity index (χ2v) is 12.6. The number of pyridine rings is 1. The SMILES string of the molecule is COc1ccc(-c2ncc(CC(C)(C)C)cn2)c(OC2CCC(Oc3cc(C(CC(=O)O)C4CC4)ccn3)CC2)c1. The van der Waals surface area contributed by atoms with E-state index in [9.17, 15) is 9.90 Å². The number of aliphatic carboxylic acids is 1. The lowest BCUT2D eigenvalue weighted by Gasteiger charge is -2.30. The number of nitrogens with zero attached hydrogens (tertiary/aromatic N) is 3. The number of benzene rings is 1. The summed E-state index contributed by atoms with van der Waals surface area (Å²) in [5, 5.41) is 9.37. The summed E-state index contributed by atoms with van der Waals surface area (Å²) in [6.07, 6.45) is 12.2. The minimum atomic E-state index is -0.761. The van der Waals surface area contributed by atoms with E-state index >= 15 is 0 Å². The molecule has 0 radical (unpaired) electrons. The third-order valence-electron chi connectivity index (χ3n) is 7.84. The van der Waals surface area contributed by atoms with Crippen LogP contribution in [-0.4, -0.2) is 45.3 Å². The molecule has 0 amide bonds. The van der Waals surface area contributed by atoms with Crippen molar-refractivity contribution in [2.75, 3.05) is 7.11 Å². The smallest absolute Gasteiger partial charge is 0.303 e. The van der Waals surface area contributed by atoms with Gasteiger partial charge in [-0.05, 0) is 91.5 Å². The third-order valence-corrected chi connectivity index (χ3v) is 7.84. The molecule has 2 aliphatic rings. The predicted molar refractivity (Wildman–Crippen MR) is 156 cm³/mol. The van der Waals surface area contributed by atoms with Gasteiger partial charge in [-0.1, -0.05) is 20.8 Å². The monoisotopic (exact) mass is 559 g/mol. The fraction of sp³-hybridized carbons (Fsp3) is 0.515.